The number of hydrogen-bond acceptors (Lipinski definition) is 6. The second-order valence-corrected chi connectivity index (χ2v) is 6.44. The van der Waals surface area contributed by atoms with Gasteiger partial charge in [-0.1, -0.05) is 0 Å². The van der Waals surface area contributed by atoms with Crippen LogP contribution in [0.4, 0.5) is 17.2 Å². The molecular weight excluding hydrogens is 332 g/mol. The molecule has 1 aliphatic rings. The molecule has 7 heteroatoms. The van der Waals surface area contributed by atoms with E-state index in [1.54, 1.807) is 19.2 Å². The lowest BCUT2D eigenvalue weighted by Gasteiger charge is -2.36. The molecular formula is C19H24N4O3. The Balaban J connectivity index is 1.59. The fourth-order valence-electron chi connectivity index (χ4n) is 3.04. The summed E-state index contributed by atoms with van der Waals surface area (Å²) in [6.45, 7) is 5.24. The van der Waals surface area contributed by atoms with Crippen molar-refractivity contribution in [1.29, 1.82) is 0 Å². The van der Waals surface area contributed by atoms with Crippen molar-refractivity contribution >= 4 is 23.2 Å². The molecule has 0 aliphatic carbocycles. The summed E-state index contributed by atoms with van der Waals surface area (Å²) in [6.07, 6.45) is 1.28. The average molecular weight is 356 g/mol. The summed E-state index contributed by atoms with van der Waals surface area (Å²) in [5.41, 5.74) is 7.69. The summed E-state index contributed by atoms with van der Waals surface area (Å²) in [5, 5.41) is 8.84. The summed E-state index contributed by atoms with van der Waals surface area (Å²) in [4.78, 5) is 19.7. The highest BCUT2D eigenvalue weighted by atomic mass is 16.5. The van der Waals surface area contributed by atoms with Gasteiger partial charge in [-0.25, -0.2) is 4.98 Å². The van der Waals surface area contributed by atoms with E-state index in [2.05, 4.69) is 14.8 Å². The second-order valence-electron chi connectivity index (χ2n) is 6.44. The molecule has 0 spiro atoms. The van der Waals surface area contributed by atoms with Gasteiger partial charge in [-0.2, -0.15) is 0 Å². The van der Waals surface area contributed by atoms with Crippen molar-refractivity contribution in [2.45, 2.75) is 19.4 Å². The van der Waals surface area contributed by atoms with Crippen molar-refractivity contribution in [3.63, 3.8) is 0 Å². The van der Waals surface area contributed by atoms with E-state index in [-0.39, 0.29) is 12.5 Å². The lowest BCUT2D eigenvalue weighted by Crippen LogP contribution is -2.46. The summed E-state index contributed by atoms with van der Waals surface area (Å²) in [6, 6.07) is 11.6. The van der Waals surface area contributed by atoms with Gasteiger partial charge in [0, 0.05) is 49.8 Å². The lowest BCUT2D eigenvalue weighted by atomic mass is 10.2. The molecule has 1 fully saturated rings. The minimum absolute atomic E-state index is 0.0298. The zero-order valence-electron chi connectivity index (χ0n) is 14.8. The molecule has 1 unspecified atom stereocenters. The molecule has 1 aromatic heterocycles. The van der Waals surface area contributed by atoms with Gasteiger partial charge in [-0.3, -0.25) is 4.79 Å². The van der Waals surface area contributed by atoms with Crippen LogP contribution >= 0.6 is 0 Å². The maximum atomic E-state index is 10.8. The first kappa shape index (κ1) is 17.8. The van der Waals surface area contributed by atoms with Crippen molar-refractivity contribution in [1.82, 2.24) is 4.98 Å². The van der Waals surface area contributed by atoms with Crippen LogP contribution in [0, 0.1) is 0 Å². The quantitative estimate of drug-likeness (QED) is 0.767. The highest BCUT2D eigenvalue weighted by Gasteiger charge is 2.19. The molecule has 7 nitrogen and oxygen atoms in total. The molecule has 1 atom stereocenters. The molecule has 0 saturated carbocycles. The number of carboxylic acid groups (broad SMARTS) is 1. The number of carboxylic acids is 1. The number of anilines is 3. The smallest absolute Gasteiger partial charge is 0.307 e. The van der Waals surface area contributed by atoms with Crippen LogP contribution in [0.3, 0.4) is 0 Å². The lowest BCUT2D eigenvalue weighted by molar-refractivity contribution is -0.138. The van der Waals surface area contributed by atoms with Gasteiger partial charge in [0.1, 0.15) is 17.7 Å². The predicted octanol–water partition coefficient (Wildman–Crippen LogP) is 2.23. The van der Waals surface area contributed by atoms with Crippen molar-refractivity contribution in [2.75, 3.05) is 41.7 Å². The first-order chi connectivity index (χ1) is 12.5. The van der Waals surface area contributed by atoms with Crippen LogP contribution in [0.5, 0.6) is 5.75 Å². The maximum Gasteiger partial charge on any atom is 0.307 e. The van der Waals surface area contributed by atoms with Gasteiger partial charge in [0.15, 0.2) is 0 Å². The van der Waals surface area contributed by atoms with Gasteiger partial charge in [-0.05, 0) is 37.3 Å². The first-order valence-corrected chi connectivity index (χ1v) is 8.71. The monoisotopic (exact) mass is 356 g/mol. The minimum Gasteiger partial charge on any atom is -0.490 e. The third-order valence-corrected chi connectivity index (χ3v) is 4.38. The molecule has 1 aliphatic heterocycles. The number of pyridine rings is 1. The first-order valence-electron chi connectivity index (χ1n) is 8.71. The Morgan fingerprint density at radius 1 is 1.19 bits per heavy atom. The third kappa shape index (κ3) is 4.56. The van der Waals surface area contributed by atoms with Crippen LogP contribution in [0.15, 0.2) is 42.6 Å². The number of hydrogen-bond donors (Lipinski definition) is 2. The zero-order valence-corrected chi connectivity index (χ0v) is 14.8. The van der Waals surface area contributed by atoms with Crippen LogP contribution in [-0.4, -0.2) is 48.3 Å². The Labute approximate surface area is 153 Å². The molecule has 0 bridgehead atoms. The second kappa shape index (κ2) is 7.95. The molecule has 3 N–H and O–H groups in total. The number of rotatable bonds is 6. The molecule has 2 heterocycles. The average Bonchev–Trinajstić information content (AvgIpc) is 2.62. The van der Waals surface area contributed by atoms with Crippen LogP contribution in [0.1, 0.15) is 13.3 Å². The number of aromatic nitrogens is 1. The van der Waals surface area contributed by atoms with Gasteiger partial charge in [0.2, 0.25) is 0 Å². The highest BCUT2D eigenvalue weighted by Crippen LogP contribution is 2.23. The Morgan fingerprint density at radius 2 is 1.85 bits per heavy atom. The molecule has 0 radical (unpaired) electrons. The van der Waals surface area contributed by atoms with Gasteiger partial charge >= 0.3 is 5.97 Å². The fourth-order valence-corrected chi connectivity index (χ4v) is 3.04. The molecule has 1 saturated heterocycles. The van der Waals surface area contributed by atoms with E-state index in [1.807, 2.05) is 30.3 Å². The minimum atomic E-state index is -0.870. The van der Waals surface area contributed by atoms with Crippen molar-refractivity contribution < 1.29 is 14.6 Å². The van der Waals surface area contributed by atoms with Crippen LogP contribution < -0.4 is 20.3 Å². The van der Waals surface area contributed by atoms with Crippen molar-refractivity contribution in [3.8, 4) is 5.75 Å². The topological polar surface area (TPSA) is 91.9 Å². The number of nitrogens with zero attached hydrogens (tertiary/aromatic N) is 3. The molecule has 0 amide bonds. The van der Waals surface area contributed by atoms with Crippen LogP contribution in [0.25, 0.3) is 0 Å². The normalized spacial score (nSPS) is 15.6. The van der Waals surface area contributed by atoms with E-state index in [0.29, 0.717) is 5.75 Å². The molecule has 1 aromatic carbocycles. The summed E-state index contributed by atoms with van der Waals surface area (Å²) < 4.78 is 5.69. The number of carbonyl (C=O) groups is 1. The van der Waals surface area contributed by atoms with E-state index in [9.17, 15) is 4.79 Å². The number of aliphatic carboxylic acids is 1. The maximum absolute atomic E-state index is 10.8. The number of nitrogen functional groups attached to an aromatic ring is 1. The number of piperazine rings is 1. The number of nitrogens with two attached hydrogens (primary N) is 1. The SMILES string of the molecule is CC(CC(=O)O)Oc1ccnc(N2CCN(c3ccc(N)cc3)CC2)c1. The van der Waals surface area contributed by atoms with Gasteiger partial charge in [-0.15, -0.1) is 0 Å². The molecule has 3 rings (SSSR count). The standard InChI is InChI=1S/C19H24N4O3/c1-14(12-19(24)25)26-17-6-7-21-18(13-17)23-10-8-22(9-11-23)16-4-2-15(20)3-5-16/h2-7,13-14H,8-12,20H2,1H3,(H,24,25). The third-order valence-electron chi connectivity index (χ3n) is 4.38. The van der Waals surface area contributed by atoms with E-state index in [0.717, 1.165) is 37.7 Å². The largest absolute Gasteiger partial charge is 0.490 e. The molecule has 138 valence electrons. The number of benzene rings is 1. The summed E-state index contributed by atoms with van der Waals surface area (Å²) >= 11 is 0. The number of ether oxygens (including phenoxy) is 1. The van der Waals surface area contributed by atoms with Crippen LogP contribution in [-0.2, 0) is 4.79 Å². The van der Waals surface area contributed by atoms with Crippen molar-refractivity contribution in [2.24, 2.45) is 0 Å². The summed E-state index contributed by atoms with van der Waals surface area (Å²) in [5.74, 6) is 0.622. The highest BCUT2D eigenvalue weighted by molar-refractivity contribution is 5.67. The Kier molecular flexibility index (Phi) is 5.46. The van der Waals surface area contributed by atoms with E-state index >= 15 is 0 Å². The molecule has 2 aromatic rings. The fraction of sp³-hybridized carbons (Fsp3) is 0.368. The van der Waals surface area contributed by atoms with E-state index in [1.165, 1.54) is 5.69 Å². The van der Waals surface area contributed by atoms with E-state index in [4.69, 9.17) is 15.6 Å². The Hall–Kier alpha value is -2.96. The predicted molar refractivity (Wildman–Crippen MR) is 102 cm³/mol. The van der Waals surface area contributed by atoms with Gasteiger partial charge in [0.05, 0.1) is 6.42 Å². The Morgan fingerprint density at radius 3 is 2.50 bits per heavy atom. The summed E-state index contributed by atoms with van der Waals surface area (Å²) in [7, 11) is 0. The van der Waals surface area contributed by atoms with E-state index < -0.39 is 5.97 Å². The van der Waals surface area contributed by atoms with Gasteiger partial charge in [0.25, 0.3) is 0 Å². The van der Waals surface area contributed by atoms with Crippen LogP contribution in [0.2, 0.25) is 0 Å². The Bertz CT molecular complexity index is 743. The van der Waals surface area contributed by atoms with Crippen molar-refractivity contribution in [3.05, 3.63) is 42.6 Å². The molecule has 26 heavy (non-hydrogen) atoms. The zero-order chi connectivity index (χ0) is 18.5. The van der Waals surface area contributed by atoms with Gasteiger partial charge < -0.3 is 25.4 Å².